The van der Waals surface area contributed by atoms with Crippen LogP contribution in [0, 0.1) is 0 Å². The van der Waals surface area contributed by atoms with Crippen LogP contribution in [0.15, 0.2) is 35.7 Å². The predicted octanol–water partition coefficient (Wildman–Crippen LogP) is 2.25. The Balaban J connectivity index is 3.34. The average molecular weight is 324 g/mol. The predicted molar refractivity (Wildman–Crippen MR) is 73.1 cm³/mol. The average Bonchev–Trinajstić information content (AvgIpc) is 2.27. The summed E-state index contributed by atoms with van der Waals surface area (Å²) in [4.78, 5) is 10.4. The Labute approximate surface area is 121 Å². The fourth-order valence-electron chi connectivity index (χ4n) is 1.40. The number of aliphatic carboxylic acids is 1. The van der Waals surface area contributed by atoms with Crippen LogP contribution >= 0.6 is 23.2 Å². The summed E-state index contributed by atoms with van der Waals surface area (Å²) >= 11 is 11.7. The van der Waals surface area contributed by atoms with Crippen LogP contribution in [0.3, 0.4) is 0 Å². The summed E-state index contributed by atoms with van der Waals surface area (Å²) in [5.41, 5.74) is 0. The standard InChI is InChI=1S/C11H11Cl2NO4S/c1-2-6-14(7-10(15)16)19(17,18)11-8(12)4-3-5-9(11)13/h2-5H,1,6-7H2,(H,15,16). The molecule has 5 nitrogen and oxygen atoms in total. The van der Waals surface area contributed by atoms with Gasteiger partial charge < -0.3 is 5.11 Å². The number of sulfonamides is 1. The summed E-state index contributed by atoms with van der Waals surface area (Å²) < 4.78 is 25.4. The number of rotatable bonds is 6. The molecule has 0 spiro atoms. The second-order valence-electron chi connectivity index (χ2n) is 3.53. The highest BCUT2D eigenvalue weighted by atomic mass is 35.5. The summed E-state index contributed by atoms with van der Waals surface area (Å²) in [5.74, 6) is -1.28. The number of carbonyl (C=O) groups is 1. The van der Waals surface area contributed by atoms with Crippen molar-refractivity contribution in [3.63, 3.8) is 0 Å². The van der Waals surface area contributed by atoms with E-state index in [9.17, 15) is 13.2 Å². The summed E-state index contributed by atoms with van der Waals surface area (Å²) in [7, 11) is -4.10. The topological polar surface area (TPSA) is 74.7 Å². The first-order chi connectivity index (χ1) is 8.80. The van der Waals surface area contributed by atoms with Crippen LogP contribution in [-0.2, 0) is 14.8 Å². The van der Waals surface area contributed by atoms with E-state index in [4.69, 9.17) is 28.3 Å². The van der Waals surface area contributed by atoms with Gasteiger partial charge in [-0.1, -0.05) is 35.3 Å². The number of hydrogen-bond acceptors (Lipinski definition) is 3. The van der Waals surface area contributed by atoms with Crippen molar-refractivity contribution in [3.8, 4) is 0 Å². The number of carboxylic acid groups (broad SMARTS) is 1. The first kappa shape index (κ1) is 16.0. The molecular formula is C11H11Cl2NO4S. The maximum absolute atomic E-state index is 12.3. The Morgan fingerprint density at radius 1 is 1.37 bits per heavy atom. The van der Waals surface area contributed by atoms with E-state index in [0.717, 1.165) is 4.31 Å². The first-order valence-electron chi connectivity index (χ1n) is 5.07. The molecule has 0 saturated heterocycles. The Hall–Kier alpha value is -1.08. The highest BCUT2D eigenvalue weighted by Crippen LogP contribution is 2.31. The van der Waals surface area contributed by atoms with Gasteiger partial charge in [-0.3, -0.25) is 4.79 Å². The summed E-state index contributed by atoms with van der Waals surface area (Å²) in [6, 6.07) is 4.24. The summed E-state index contributed by atoms with van der Waals surface area (Å²) in [6.45, 7) is 2.54. The molecule has 0 fully saturated rings. The Bertz CT molecular complexity index is 580. The van der Waals surface area contributed by atoms with Gasteiger partial charge in [-0.25, -0.2) is 8.42 Å². The molecule has 1 aromatic rings. The number of hydrogen-bond donors (Lipinski definition) is 1. The SMILES string of the molecule is C=CCN(CC(=O)O)S(=O)(=O)c1c(Cl)cccc1Cl. The molecule has 1 N–H and O–H groups in total. The van der Waals surface area contributed by atoms with E-state index in [-0.39, 0.29) is 21.5 Å². The number of nitrogens with zero attached hydrogens (tertiary/aromatic N) is 1. The van der Waals surface area contributed by atoms with E-state index >= 15 is 0 Å². The van der Waals surface area contributed by atoms with Gasteiger partial charge in [0.2, 0.25) is 10.0 Å². The smallest absolute Gasteiger partial charge is 0.318 e. The van der Waals surface area contributed by atoms with Crippen molar-refractivity contribution >= 4 is 39.2 Å². The monoisotopic (exact) mass is 323 g/mol. The van der Waals surface area contributed by atoms with E-state index in [0.29, 0.717) is 0 Å². The molecule has 0 bridgehead atoms. The Morgan fingerprint density at radius 3 is 2.32 bits per heavy atom. The molecule has 0 aliphatic rings. The zero-order valence-corrected chi connectivity index (χ0v) is 12.0. The highest BCUT2D eigenvalue weighted by molar-refractivity contribution is 7.89. The van der Waals surface area contributed by atoms with Crippen LogP contribution in [0.1, 0.15) is 0 Å². The molecule has 19 heavy (non-hydrogen) atoms. The number of benzene rings is 1. The first-order valence-corrected chi connectivity index (χ1v) is 7.27. The van der Waals surface area contributed by atoms with Gasteiger partial charge in [0.15, 0.2) is 0 Å². The van der Waals surface area contributed by atoms with Gasteiger partial charge in [-0.05, 0) is 12.1 Å². The Kier molecular flexibility index (Phi) is 5.37. The van der Waals surface area contributed by atoms with Crippen molar-refractivity contribution in [2.75, 3.05) is 13.1 Å². The van der Waals surface area contributed by atoms with E-state index < -0.39 is 22.5 Å². The molecular weight excluding hydrogens is 313 g/mol. The molecule has 0 atom stereocenters. The van der Waals surface area contributed by atoms with Gasteiger partial charge in [0, 0.05) is 6.54 Å². The van der Waals surface area contributed by atoms with E-state index in [1.54, 1.807) is 0 Å². The van der Waals surface area contributed by atoms with Crippen molar-refractivity contribution in [3.05, 3.63) is 40.9 Å². The van der Waals surface area contributed by atoms with Gasteiger partial charge >= 0.3 is 5.97 Å². The number of carboxylic acids is 1. The third kappa shape index (κ3) is 3.70. The molecule has 104 valence electrons. The summed E-state index contributed by atoms with van der Waals surface area (Å²) in [5, 5.41) is 8.63. The van der Waals surface area contributed by atoms with Crippen LogP contribution in [0.2, 0.25) is 10.0 Å². The molecule has 1 rings (SSSR count). The maximum atomic E-state index is 12.3. The second-order valence-corrected chi connectivity index (χ2v) is 6.22. The normalized spacial score (nSPS) is 11.5. The molecule has 0 saturated carbocycles. The lowest BCUT2D eigenvalue weighted by atomic mass is 10.4. The third-order valence-corrected chi connectivity index (χ3v) is 4.93. The third-order valence-electron chi connectivity index (χ3n) is 2.16. The van der Waals surface area contributed by atoms with Gasteiger partial charge in [0.1, 0.15) is 11.4 Å². The lowest BCUT2D eigenvalue weighted by Crippen LogP contribution is -2.36. The minimum Gasteiger partial charge on any atom is -0.480 e. The van der Waals surface area contributed by atoms with Crippen molar-refractivity contribution in [1.29, 1.82) is 0 Å². The maximum Gasteiger partial charge on any atom is 0.318 e. The zero-order chi connectivity index (χ0) is 14.6. The van der Waals surface area contributed by atoms with Gasteiger partial charge in [0.25, 0.3) is 0 Å². The Morgan fingerprint density at radius 2 is 1.89 bits per heavy atom. The molecule has 1 aromatic carbocycles. The van der Waals surface area contributed by atoms with E-state index in [1.807, 2.05) is 0 Å². The van der Waals surface area contributed by atoms with E-state index in [2.05, 4.69) is 6.58 Å². The largest absolute Gasteiger partial charge is 0.480 e. The lowest BCUT2D eigenvalue weighted by Gasteiger charge is -2.20. The quantitative estimate of drug-likeness (QED) is 0.815. The highest BCUT2D eigenvalue weighted by Gasteiger charge is 2.29. The van der Waals surface area contributed by atoms with Crippen LogP contribution < -0.4 is 0 Å². The van der Waals surface area contributed by atoms with Crippen LogP contribution in [0.4, 0.5) is 0 Å². The zero-order valence-electron chi connectivity index (χ0n) is 9.71. The van der Waals surface area contributed by atoms with Crippen molar-refractivity contribution in [1.82, 2.24) is 4.31 Å². The van der Waals surface area contributed by atoms with Gasteiger partial charge in [0.05, 0.1) is 10.0 Å². The molecule has 0 aliphatic heterocycles. The summed E-state index contributed by atoms with van der Waals surface area (Å²) in [6.07, 6.45) is 1.28. The van der Waals surface area contributed by atoms with Crippen molar-refractivity contribution in [2.24, 2.45) is 0 Å². The van der Waals surface area contributed by atoms with Gasteiger partial charge in [-0.15, -0.1) is 6.58 Å². The molecule has 8 heteroatoms. The van der Waals surface area contributed by atoms with Crippen LogP contribution in [0.25, 0.3) is 0 Å². The minimum absolute atomic E-state index is 0.0630. The van der Waals surface area contributed by atoms with Crippen molar-refractivity contribution < 1.29 is 18.3 Å². The molecule has 0 aromatic heterocycles. The molecule has 0 aliphatic carbocycles. The van der Waals surface area contributed by atoms with Crippen molar-refractivity contribution in [2.45, 2.75) is 4.90 Å². The second kappa shape index (κ2) is 6.38. The van der Waals surface area contributed by atoms with Crippen LogP contribution in [-0.4, -0.2) is 36.9 Å². The molecule has 0 radical (unpaired) electrons. The molecule has 0 heterocycles. The van der Waals surface area contributed by atoms with E-state index in [1.165, 1.54) is 24.3 Å². The lowest BCUT2D eigenvalue weighted by molar-refractivity contribution is -0.137. The molecule has 0 unspecified atom stereocenters. The minimum atomic E-state index is -4.10. The van der Waals surface area contributed by atoms with Crippen LogP contribution in [0.5, 0.6) is 0 Å². The van der Waals surface area contributed by atoms with Gasteiger partial charge in [-0.2, -0.15) is 4.31 Å². The number of halogens is 2. The fourth-order valence-corrected chi connectivity index (χ4v) is 3.85. The fraction of sp³-hybridized carbons (Fsp3) is 0.182. The molecule has 0 amide bonds.